The van der Waals surface area contributed by atoms with E-state index in [0.29, 0.717) is 33.0 Å². The zero-order valence-electron chi connectivity index (χ0n) is 35.2. The van der Waals surface area contributed by atoms with Crippen LogP contribution in [-0.4, -0.2) is 38.0 Å². The Bertz CT molecular complexity index is 2020. The third-order valence-electron chi connectivity index (χ3n) is 10.6. The van der Waals surface area contributed by atoms with Crippen LogP contribution >= 0.6 is 0 Å². The van der Waals surface area contributed by atoms with E-state index in [2.05, 4.69) is 71.0 Å². The highest BCUT2D eigenvalue weighted by atomic mass is 16.6. The molecule has 0 aliphatic carbocycles. The summed E-state index contributed by atoms with van der Waals surface area (Å²) in [6.45, 7) is 13.9. The van der Waals surface area contributed by atoms with Gasteiger partial charge in [0.05, 0.1) is 38.0 Å². The van der Waals surface area contributed by atoms with Crippen LogP contribution in [0.1, 0.15) is 131 Å². The fraction of sp³-hybridized carbons (Fsp3) is 0.510. The standard InChI is InChI=1S/C49H65NO7/c1-6-11-16-27-53-38-32-40(36-21-23-37(24-22-36)50(51)52)47-39-25-26-44(54-28-17-12-7-2)49(57-31-20-15-10-5)48(39)43-35-46(56-30-19-14-9-4)45(55-29-18-13-8-3)34-41(43)42(47)33-38/h21-26,32-35H,6-20,27-31H2,1-5H3. The molecule has 0 amide bonds. The van der Waals surface area contributed by atoms with E-state index in [9.17, 15) is 10.1 Å². The van der Waals surface area contributed by atoms with Gasteiger partial charge in [0.25, 0.3) is 5.69 Å². The smallest absolute Gasteiger partial charge is 0.269 e. The van der Waals surface area contributed by atoms with Crippen molar-refractivity contribution in [2.45, 2.75) is 131 Å². The Hall–Kier alpha value is -4.72. The van der Waals surface area contributed by atoms with Crippen LogP contribution in [0.5, 0.6) is 28.7 Å². The van der Waals surface area contributed by atoms with Crippen molar-refractivity contribution in [2.75, 3.05) is 33.0 Å². The number of fused-ring (bicyclic) bond motifs is 6. The number of non-ortho nitro benzene ring substituents is 1. The number of hydrogen-bond acceptors (Lipinski definition) is 7. The maximum atomic E-state index is 11.7. The Labute approximate surface area is 340 Å². The molecule has 8 nitrogen and oxygen atoms in total. The van der Waals surface area contributed by atoms with Gasteiger partial charge in [0, 0.05) is 17.5 Å². The van der Waals surface area contributed by atoms with Gasteiger partial charge in [0.2, 0.25) is 0 Å². The average Bonchev–Trinajstić information content (AvgIpc) is 3.23. The van der Waals surface area contributed by atoms with Gasteiger partial charge < -0.3 is 23.7 Å². The van der Waals surface area contributed by atoms with Gasteiger partial charge in [-0.3, -0.25) is 10.1 Å². The summed E-state index contributed by atoms with van der Waals surface area (Å²) in [4.78, 5) is 11.4. The number of nitro groups is 1. The van der Waals surface area contributed by atoms with Crippen molar-refractivity contribution in [3.8, 4) is 39.9 Å². The van der Waals surface area contributed by atoms with Crippen molar-refractivity contribution >= 4 is 38.0 Å². The molecule has 0 aliphatic rings. The van der Waals surface area contributed by atoms with E-state index in [1.165, 1.54) is 0 Å². The summed E-state index contributed by atoms with van der Waals surface area (Å²) in [6, 6.07) is 19.6. The summed E-state index contributed by atoms with van der Waals surface area (Å²) in [7, 11) is 0. The molecule has 0 unspecified atom stereocenters. The van der Waals surface area contributed by atoms with Crippen LogP contribution in [0, 0.1) is 10.1 Å². The Morgan fingerprint density at radius 1 is 0.456 bits per heavy atom. The first-order valence-electron chi connectivity index (χ1n) is 21.9. The monoisotopic (exact) mass is 779 g/mol. The van der Waals surface area contributed by atoms with Crippen molar-refractivity contribution in [3.63, 3.8) is 0 Å². The number of nitrogens with zero attached hydrogens (tertiary/aromatic N) is 1. The molecular weight excluding hydrogens is 715 g/mol. The summed E-state index contributed by atoms with van der Waals surface area (Å²) in [5.41, 5.74) is 1.84. The second-order valence-electron chi connectivity index (χ2n) is 15.1. The van der Waals surface area contributed by atoms with Crippen LogP contribution in [0.2, 0.25) is 0 Å². The molecule has 5 rings (SSSR count). The maximum Gasteiger partial charge on any atom is 0.269 e. The van der Waals surface area contributed by atoms with E-state index in [4.69, 9.17) is 23.7 Å². The predicted octanol–water partition coefficient (Wildman–Crippen LogP) is 14.6. The van der Waals surface area contributed by atoms with Gasteiger partial charge in [-0.05, 0) is 119 Å². The van der Waals surface area contributed by atoms with Crippen molar-refractivity contribution in [2.24, 2.45) is 0 Å². The molecule has 5 aromatic carbocycles. The Balaban J connectivity index is 1.88. The molecule has 8 heteroatoms. The molecule has 57 heavy (non-hydrogen) atoms. The number of nitro benzene ring substituents is 1. The summed E-state index contributed by atoms with van der Waals surface area (Å²) in [5.74, 6) is 3.66. The van der Waals surface area contributed by atoms with E-state index >= 15 is 0 Å². The van der Waals surface area contributed by atoms with Gasteiger partial charge in [-0.15, -0.1) is 0 Å². The van der Waals surface area contributed by atoms with E-state index in [0.717, 1.165) is 169 Å². The largest absolute Gasteiger partial charge is 0.494 e. The fourth-order valence-electron chi connectivity index (χ4n) is 7.37. The predicted molar refractivity (Wildman–Crippen MR) is 236 cm³/mol. The first kappa shape index (κ1) is 43.4. The molecule has 0 fully saturated rings. The van der Waals surface area contributed by atoms with Crippen molar-refractivity contribution in [3.05, 3.63) is 70.8 Å². The second-order valence-corrected chi connectivity index (χ2v) is 15.1. The molecular formula is C49H65NO7. The minimum absolute atomic E-state index is 0.0503. The van der Waals surface area contributed by atoms with Gasteiger partial charge in [0.15, 0.2) is 23.0 Å². The Morgan fingerprint density at radius 2 is 0.930 bits per heavy atom. The van der Waals surface area contributed by atoms with Crippen LogP contribution < -0.4 is 23.7 Å². The molecule has 0 aliphatic heterocycles. The maximum absolute atomic E-state index is 11.7. The lowest BCUT2D eigenvalue weighted by Gasteiger charge is -2.22. The normalized spacial score (nSPS) is 11.4. The van der Waals surface area contributed by atoms with E-state index in [1.54, 1.807) is 12.1 Å². The molecule has 0 heterocycles. The topological polar surface area (TPSA) is 89.3 Å². The summed E-state index contributed by atoms with van der Waals surface area (Å²) < 4.78 is 33.1. The third kappa shape index (κ3) is 11.5. The van der Waals surface area contributed by atoms with Gasteiger partial charge in [-0.1, -0.05) is 98.8 Å². The molecule has 0 spiro atoms. The quantitative estimate of drug-likeness (QED) is 0.0227. The van der Waals surface area contributed by atoms with Gasteiger partial charge in [0.1, 0.15) is 5.75 Å². The zero-order chi connectivity index (χ0) is 40.4. The number of rotatable bonds is 27. The molecule has 0 radical (unpaired) electrons. The molecule has 0 bridgehead atoms. The van der Waals surface area contributed by atoms with Crippen LogP contribution in [0.25, 0.3) is 43.4 Å². The minimum atomic E-state index is -0.355. The molecule has 0 aromatic heterocycles. The molecule has 0 saturated heterocycles. The number of ether oxygens (including phenoxy) is 5. The summed E-state index contributed by atoms with van der Waals surface area (Å²) in [6.07, 6.45) is 15.7. The highest BCUT2D eigenvalue weighted by Gasteiger charge is 2.23. The third-order valence-corrected chi connectivity index (χ3v) is 10.6. The van der Waals surface area contributed by atoms with Crippen LogP contribution in [0.4, 0.5) is 5.69 Å². The van der Waals surface area contributed by atoms with Crippen LogP contribution in [0.3, 0.4) is 0 Å². The molecule has 0 N–H and O–H groups in total. The zero-order valence-corrected chi connectivity index (χ0v) is 35.2. The lowest BCUT2D eigenvalue weighted by molar-refractivity contribution is -0.384. The molecule has 0 atom stereocenters. The number of unbranched alkanes of at least 4 members (excludes halogenated alkanes) is 10. The average molecular weight is 780 g/mol. The number of hydrogen-bond donors (Lipinski definition) is 0. The van der Waals surface area contributed by atoms with Crippen molar-refractivity contribution < 1.29 is 28.6 Å². The van der Waals surface area contributed by atoms with Gasteiger partial charge in [-0.25, -0.2) is 0 Å². The van der Waals surface area contributed by atoms with E-state index < -0.39 is 0 Å². The first-order chi connectivity index (χ1) is 27.9. The Morgan fingerprint density at radius 3 is 1.46 bits per heavy atom. The van der Waals surface area contributed by atoms with Crippen LogP contribution in [-0.2, 0) is 0 Å². The second kappa shape index (κ2) is 22.9. The van der Waals surface area contributed by atoms with E-state index in [-0.39, 0.29) is 10.6 Å². The molecule has 5 aromatic rings. The lowest BCUT2D eigenvalue weighted by atomic mass is 9.88. The highest BCUT2D eigenvalue weighted by Crippen LogP contribution is 2.50. The van der Waals surface area contributed by atoms with Crippen molar-refractivity contribution in [1.82, 2.24) is 0 Å². The highest BCUT2D eigenvalue weighted by molar-refractivity contribution is 6.30. The van der Waals surface area contributed by atoms with Gasteiger partial charge >= 0.3 is 0 Å². The first-order valence-corrected chi connectivity index (χ1v) is 21.9. The SMILES string of the molecule is CCCCCOc1cc(-c2ccc([N+](=O)[O-])cc2)c2c(c1)c1cc(OCCCCC)c(OCCCCC)cc1c1c(OCCCCC)c(OCCCCC)ccc21. The number of benzene rings is 5. The molecule has 0 saturated carbocycles. The lowest BCUT2D eigenvalue weighted by Crippen LogP contribution is -2.05. The minimum Gasteiger partial charge on any atom is -0.494 e. The van der Waals surface area contributed by atoms with Crippen LogP contribution in [0.15, 0.2) is 60.7 Å². The molecule has 308 valence electrons. The Kier molecular flexibility index (Phi) is 17.4. The summed E-state index contributed by atoms with van der Waals surface area (Å²) >= 11 is 0. The van der Waals surface area contributed by atoms with E-state index in [1.807, 2.05) is 12.1 Å². The fourth-order valence-corrected chi connectivity index (χ4v) is 7.37. The van der Waals surface area contributed by atoms with Gasteiger partial charge in [-0.2, -0.15) is 0 Å². The summed E-state index contributed by atoms with van der Waals surface area (Å²) in [5, 5.41) is 17.7. The van der Waals surface area contributed by atoms with Crippen molar-refractivity contribution in [1.29, 1.82) is 0 Å².